The van der Waals surface area contributed by atoms with Crippen LogP contribution in [0.3, 0.4) is 0 Å². The molecule has 0 aliphatic carbocycles. The lowest BCUT2D eigenvalue weighted by molar-refractivity contribution is 0.308. The van der Waals surface area contributed by atoms with Crippen molar-refractivity contribution in [2.75, 3.05) is 5.73 Å². The summed E-state index contributed by atoms with van der Waals surface area (Å²) in [6.07, 6.45) is 0. The molecule has 0 saturated heterocycles. The third-order valence-corrected chi connectivity index (χ3v) is 3.91. The van der Waals surface area contributed by atoms with Gasteiger partial charge in [0.2, 0.25) is 0 Å². The number of imidazole rings is 1. The molecule has 0 aliphatic rings. The number of aromatic amines is 1. The van der Waals surface area contributed by atoms with Gasteiger partial charge in [0, 0.05) is 5.56 Å². The molecule has 24 heavy (non-hydrogen) atoms. The summed E-state index contributed by atoms with van der Waals surface area (Å²) in [4.78, 5) is 7.90. The van der Waals surface area contributed by atoms with Gasteiger partial charge in [-0.05, 0) is 35.9 Å². The van der Waals surface area contributed by atoms with Crippen LogP contribution in [0.2, 0.25) is 0 Å². The van der Waals surface area contributed by atoms with E-state index in [0.29, 0.717) is 18.0 Å². The van der Waals surface area contributed by atoms with Crippen molar-refractivity contribution in [3.8, 4) is 17.1 Å². The fourth-order valence-electron chi connectivity index (χ4n) is 2.65. The molecule has 3 N–H and O–H groups in total. The van der Waals surface area contributed by atoms with E-state index in [0.717, 1.165) is 28.0 Å². The Morgan fingerprint density at radius 3 is 2.50 bits per heavy atom. The highest BCUT2D eigenvalue weighted by molar-refractivity contribution is 5.80. The minimum atomic E-state index is 0.495. The largest absolute Gasteiger partial charge is 0.487 e. The third kappa shape index (κ3) is 2.82. The molecule has 4 heteroatoms. The van der Waals surface area contributed by atoms with Gasteiger partial charge < -0.3 is 15.5 Å². The molecular formula is C20H17N3O. The molecule has 0 saturated carbocycles. The maximum Gasteiger partial charge on any atom is 0.142 e. The zero-order chi connectivity index (χ0) is 16.4. The fraction of sp³-hybridized carbons (Fsp3) is 0.0500. The second-order valence-corrected chi connectivity index (χ2v) is 5.63. The smallest absolute Gasteiger partial charge is 0.142 e. The van der Waals surface area contributed by atoms with Crippen LogP contribution in [0.4, 0.5) is 5.69 Å². The quantitative estimate of drug-likeness (QED) is 0.549. The van der Waals surface area contributed by atoms with Crippen LogP contribution in [-0.2, 0) is 6.61 Å². The van der Waals surface area contributed by atoms with Crippen molar-refractivity contribution in [1.82, 2.24) is 9.97 Å². The highest BCUT2D eigenvalue weighted by atomic mass is 16.5. The van der Waals surface area contributed by atoms with Crippen LogP contribution in [0.15, 0.2) is 72.8 Å². The summed E-state index contributed by atoms with van der Waals surface area (Å²) < 4.78 is 5.82. The molecule has 0 spiro atoms. The van der Waals surface area contributed by atoms with Crippen molar-refractivity contribution < 1.29 is 4.74 Å². The van der Waals surface area contributed by atoms with Gasteiger partial charge in [-0.15, -0.1) is 0 Å². The number of nitrogens with zero attached hydrogens (tertiary/aromatic N) is 1. The van der Waals surface area contributed by atoms with E-state index in [1.54, 1.807) is 0 Å². The van der Waals surface area contributed by atoms with E-state index < -0.39 is 0 Å². The first-order valence-corrected chi connectivity index (χ1v) is 7.81. The molecule has 0 fully saturated rings. The molecule has 0 bridgehead atoms. The van der Waals surface area contributed by atoms with Gasteiger partial charge in [0.15, 0.2) is 0 Å². The maximum atomic E-state index is 6.15. The first kappa shape index (κ1) is 14.3. The molecule has 0 atom stereocenters. The van der Waals surface area contributed by atoms with E-state index in [1.165, 1.54) is 0 Å². The van der Waals surface area contributed by atoms with E-state index in [4.69, 9.17) is 10.5 Å². The standard InChI is InChI=1S/C20H17N3O/c21-16-12-15(20-22-17-8-4-5-9-18(17)23-20)10-11-19(16)24-13-14-6-2-1-3-7-14/h1-12H,13,21H2,(H,22,23). The van der Waals surface area contributed by atoms with Crippen LogP contribution in [0.5, 0.6) is 5.75 Å². The number of fused-ring (bicyclic) bond motifs is 1. The number of rotatable bonds is 4. The highest BCUT2D eigenvalue weighted by Gasteiger charge is 2.08. The van der Waals surface area contributed by atoms with Gasteiger partial charge in [-0.25, -0.2) is 4.98 Å². The molecule has 0 aliphatic heterocycles. The van der Waals surface area contributed by atoms with Gasteiger partial charge in [-0.1, -0.05) is 42.5 Å². The van der Waals surface area contributed by atoms with E-state index in [1.807, 2.05) is 72.8 Å². The number of para-hydroxylation sites is 2. The van der Waals surface area contributed by atoms with Crippen molar-refractivity contribution in [2.45, 2.75) is 6.61 Å². The predicted octanol–water partition coefficient (Wildman–Crippen LogP) is 4.39. The van der Waals surface area contributed by atoms with Crippen molar-refractivity contribution in [1.29, 1.82) is 0 Å². The first-order valence-electron chi connectivity index (χ1n) is 7.81. The highest BCUT2D eigenvalue weighted by Crippen LogP contribution is 2.29. The number of hydrogen-bond donors (Lipinski definition) is 2. The zero-order valence-corrected chi connectivity index (χ0v) is 13.1. The Labute approximate surface area is 139 Å². The minimum Gasteiger partial charge on any atom is -0.487 e. The molecule has 4 aromatic rings. The number of benzene rings is 3. The van der Waals surface area contributed by atoms with Crippen LogP contribution < -0.4 is 10.5 Å². The Hall–Kier alpha value is -3.27. The SMILES string of the molecule is Nc1cc(-c2nc3ccccc3[nH]2)ccc1OCc1ccccc1. The van der Waals surface area contributed by atoms with Gasteiger partial charge >= 0.3 is 0 Å². The number of nitrogens with two attached hydrogens (primary N) is 1. The average molecular weight is 315 g/mol. The Morgan fingerprint density at radius 2 is 1.71 bits per heavy atom. The van der Waals surface area contributed by atoms with Crippen molar-refractivity contribution in [3.63, 3.8) is 0 Å². The molecule has 4 nitrogen and oxygen atoms in total. The third-order valence-electron chi connectivity index (χ3n) is 3.91. The molecule has 1 aromatic heterocycles. The van der Waals surface area contributed by atoms with E-state index in [2.05, 4.69) is 9.97 Å². The van der Waals surface area contributed by atoms with Crippen LogP contribution in [0.25, 0.3) is 22.4 Å². The molecular weight excluding hydrogens is 298 g/mol. The number of hydrogen-bond acceptors (Lipinski definition) is 3. The summed E-state index contributed by atoms with van der Waals surface area (Å²) in [5, 5.41) is 0. The van der Waals surface area contributed by atoms with E-state index in [-0.39, 0.29) is 0 Å². The van der Waals surface area contributed by atoms with Crippen LogP contribution in [-0.4, -0.2) is 9.97 Å². The minimum absolute atomic E-state index is 0.495. The number of nitrogen functional groups attached to an aromatic ring is 1. The number of aromatic nitrogens is 2. The molecule has 0 radical (unpaired) electrons. The summed E-state index contributed by atoms with van der Waals surface area (Å²) in [6, 6.07) is 23.7. The molecule has 0 unspecified atom stereocenters. The van der Waals surface area contributed by atoms with Gasteiger partial charge in [0.1, 0.15) is 18.2 Å². The lowest BCUT2D eigenvalue weighted by atomic mass is 10.2. The van der Waals surface area contributed by atoms with Crippen molar-refractivity contribution >= 4 is 16.7 Å². The zero-order valence-electron chi connectivity index (χ0n) is 13.1. The summed E-state index contributed by atoms with van der Waals surface area (Å²) in [6.45, 7) is 0.495. The van der Waals surface area contributed by atoms with Crippen LogP contribution in [0.1, 0.15) is 5.56 Å². The second-order valence-electron chi connectivity index (χ2n) is 5.63. The lowest BCUT2D eigenvalue weighted by Gasteiger charge is -2.10. The Bertz CT molecular complexity index is 944. The molecule has 118 valence electrons. The first-order chi connectivity index (χ1) is 11.8. The van der Waals surface area contributed by atoms with Gasteiger partial charge in [0.05, 0.1) is 16.7 Å². The van der Waals surface area contributed by atoms with E-state index in [9.17, 15) is 0 Å². The second kappa shape index (κ2) is 6.08. The molecule has 3 aromatic carbocycles. The van der Waals surface area contributed by atoms with Crippen LogP contribution >= 0.6 is 0 Å². The number of ether oxygens (including phenoxy) is 1. The monoisotopic (exact) mass is 315 g/mol. The number of nitrogens with one attached hydrogen (secondary N) is 1. The van der Waals surface area contributed by atoms with Crippen molar-refractivity contribution in [3.05, 3.63) is 78.4 Å². The Morgan fingerprint density at radius 1 is 0.917 bits per heavy atom. The average Bonchev–Trinajstić information content (AvgIpc) is 3.06. The van der Waals surface area contributed by atoms with Crippen molar-refractivity contribution in [2.24, 2.45) is 0 Å². The topological polar surface area (TPSA) is 63.9 Å². The molecule has 1 heterocycles. The fourth-order valence-corrected chi connectivity index (χ4v) is 2.65. The Balaban J connectivity index is 1.57. The predicted molar refractivity (Wildman–Crippen MR) is 96.7 cm³/mol. The van der Waals surface area contributed by atoms with Gasteiger partial charge in [-0.2, -0.15) is 0 Å². The molecule has 4 rings (SSSR count). The number of H-pyrrole nitrogens is 1. The van der Waals surface area contributed by atoms with Crippen LogP contribution in [0, 0.1) is 0 Å². The molecule has 0 amide bonds. The normalized spacial score (nSPS) is 10.8. The van der Waals surface area contributed by atoms with Gasteiger partial charge in [-0.3, -0.25) is 0 Å². The van der Waals surface area contributed by atoms with E-state index >= 15 is 0 Å². The summed E-state index contributed by atoms with van der Waals surface area (Å²) in [5.41, 5.74) is 10.8. The summed E-state index contributed by atoms with van der Waals surface area (Å²) in [7, 11) is 0. The summed E-state index contributed by atoms with van der Waals surface area (Å²) in [5.74, 6) is 1.48. The van der Waals surface area contributed by atoms with Gasteiger partial charge in [0.25, 0.3) is 0 Å². The summed E-state index contributed by atoms with van der Waals surface area (Å²) >= 11 is 0. The number of anilines is 1. The Kier molecular flexibility index (Phi) is 3.63. The lowest BCUT2D eigenvalue weighted by Crippen LogP contribution is -1.99. The maximum absolute atomic E-state index is 6.15.